The van der Waals surface area contributed by atoms with Crippen molar-refractivity contribution in [3.05, 3.63) is 16.3 Å². The first-order chi connectivity index (χ1) is 9.75. The number of carbonyl (C=O) groups is 2. The van der Waals surface area contributed by atoms with Crippen LogP contribution in [0.2, 0.25) is 0 Å². The minimum absolute atomic E-state index is 0.0266. The van der Waals surface area contributed by atoms with Crippen LogP contribution in [0.5, 0.6) is 0 Å². The predicted octanol–water partition coefficient (Wildman–Crippen LogP) is 0.545. The molecule has 2 rings (SSSR count). The van der Waals surface area contributed by atoms with Crippen molar-refractivity contribution < 1.29 is 23.1 Å². The molecule has 1 atom stereocenters. The van der Waals surface area contributed by atoms with Crippen LogP contribution in [0.1, 0.15) is 16.1 Å². The zero-order valence-electron chi connectivity index (χ0n) is 11.6. The predicted molar refractivity (Wildman–Crippen MR) is 76.8 cm³/mol. The van der Waals surface area contributed by atoms with E-state index in [1.54, 1.807) is 5.38 Å². The summed E-state index contributed by atoms with van der Waals surface area (Å²) in [6.07, 6.45) is 0.391. The standard InChI is InChI=1S/C12H16N2O5S2/c1-13(2)21(18,19)9-4-6-20-10(9)11(15)14-5-3-8(7-14)12(16)17/h4,6,8H,3,5,7H2,1-2H3,(H,16,17). The Balaban J connectivity index is 2.27. The van der Waals surface area contributed by atoms with Crippen molar-refractivity contribution in [3.8, 4) is 0 Å². The Morgan fingerprint density at radius 1 is 1.43 bits per heavy atom. The second kappa shape index (κ2) is 5.74. The summed E-state index contributed by atoms with van der Waals surface area (Å²) < 4.78 is 25.4. The number of aliphatic carboxylic acids is 1. The number of amides is 1. The normalized spacial score (nSPS) is 19.2. The van der Waals surface area contributed by atoms with Gasteiger partial charge in [0.2, 0.25) is 10.0 Å². The molecule has 2 heterocycles. The molecular formula is C12H16N2O5S2. The first-order valence-electron chi connectivity index (χ1n) is 6.27. The number of hydrogen-bond donors (Lipinski definition) is 1. The lowest BCUT2D eigenvalue weighted by molar-refractivity contribution is -0.141. The van der Waals surface area contributed by atoms with Gasteiger partial charge in [0, 0.05) is 27.2 Å². The number of thiophene rings is 1. The lowest BCUT2D eigenvalue weighted by Gasteiger charge is -2.17. The van der Waals surface area contributed by atoms with Crippen LogP contribution in [0.25, 0.3) is 0 Å². The molecule has 0 saturated carbocycles. The Labute approximate surface area is 126 Å². The molecule has 1 aromatic heterocycles. The van der Waals surface area contributed by atoms with Gasteiger partial charge in [-0.05, 0) is 17.9 Å². The molecule has 7 nitrogen and oxygen atoms in total. The van der Waals surface area contributed by atoms with Crippen LogP contribution in [0.3, 0.4) is 0 Å². The van der Waals surface area contributed by atoms with Gasteiger partial charge in [-0.3, -0.25) is 9.59 Å². The van der Waals surface area contributed by atoms with Crippen molar-refractivity contribution in [3.63, 3.8) is 0 Å². The summed E-state index contributed by atoms with van der Waals surface area (Å²) in [7, 11) is -0.888. The Bertz CT molecular complexity index is 665. The van der Waals surface area contributed by atoms with Crippen LogP contribution in [-0.4, -0.2) is 61.8 Å². The van der Waals surface area contributed by atoms with Crippen LogP contribution in [0.4, 0.5) is 0 Å². The van der Waals surface area contributed by atoms with Crippen molar-refractivity contribution in [1.29, 1.82) is 0 Å². The van der Waals surface area contributed by atoms with Gasteiger partial charge in [-0.1, -0.05) is 0 Å². The summed E-state index contributed by atoms with van der Waals surface area (Å²) in [5.74, 6) is -1.94. The third-order valence-electron chi connectivity index (χ3n) is 3.41. The number of nitrogens with zero attached hydrogens (tertiary/aromatic N) is 2. The summed E-state index contributed by atoms with van der Waals surface area (Å²) in [6, 6.07) is 1.40. The fourth-order valence-electron chi connectivity index (χ4n) is 2.14. The number of hydrogen-bond acceptors (Lipinski definition) is 5. The van der Waals surface area contributed by atoms with E-state index < -0.39 is 27.8 Å². The lowest BCUT2D eigenvalue weighted by Crippen LogP contribution is -2.31. The van der Waals surface area contributed by atoms with Crippen LogP contribution < -0.4 is 0 Å². The minimum atomic E-state index is -3.69. The maximum Gasteiger partial charge on any atom is 0.308 e. The van der Waals surface area contributed by atoms with E-state index in [9.17, 15) is 18.0 Å². The quantitative estimate of drug-likeness (QED) is 0.868. The first kappa shape index (κ1) is 15.9. The SMILES string of the molecule is CN(C)S(=O)(=O)c1ccsc1C(=O)N1CCC(C(=O)O)C1. The van der Waals surface area contributed by atoms with E-state index >= 15 is 0 Å². The number of rotatable bonds is 4. The fraction of sp³-hybridized carbons (Fsp3) is 0.500. The third kappa shape index (κ3) is 2.94. The van der Waals surface area contributed by atoms with Gasteiger partial charge >= 0.3 is 5.97 Å². The largest absolute Gasteiger partial charge is 0.481 e. The summed E-state index contributed by atoms with van der Waals surface area (Å²) in [5.41, 5.74) is 0. The van der Waals surface area contributed by atoms with E-state index in [1.807, 2.05) is 0 Å². The van der Waals surface area contributed by atoms with Gasteiger partial charge in [0.15, 0.2) is 0 Å². The monoisotopic (exact) mass is 332 g/mol. The highest BCUT2D eigenvalue weighted by Crippen LogP contribution is 2.27. The van der Waals surface area contributed by atoms with Crippen molar-refractivity contribution in [2.45, 2.75) is 11.3 Å². The van der Waals surface area contributed by atoms with Crippen molar-refractivity contribution in [2.75, 3.05) is 27.2 Å². The van der Waals surface area contributed by atoms with E-state index in [4.69, 9.17) is 5.11 Å². The highest BCUT2D eigenvalue weighted by Gasteiger charge is 2.34. The fourth-order valence-corrected chi connectivity index (χ4v) is 4.40. The molecule has 1 unspecified atom stereocenters. The zero-order valence-corrected chi connectivity index (χ0v) is 13.3. The van der Waals surface area contributed by atoms with Gasteiger partial charge in [0.05, 0.1) is 5.92 Å². The lowest BCUT2D eigenvalue weighted by atomic mass is 10.1. The molecular weight excluding hydrogens is 316 g/mol. The summed E-state index contributed by atoms with van der Waals surface area (Å²) in [6.45, 7) is 0.447. The second-order valence-electron chi connectivity index (χ2n) is 4.98. The van der Waals surface area contributed by atoms with Gasteiger partial charge in [0.1, 0.15) is 9.77 Å². The molecule has 116 valence electrons. The van der Waals surface area contributed by atoms with E-state index in [0.29, 0.717) is 13.0 Å². The number of likely N-dealkylation sites (tertiary alicyclic amines) is 1. The Hall–Kier alpha value is -1.45. The molecule has 1 fully saturated rings. The Morgan fingerprint density at radius 3 is 2.62 bits per heavy atom. The molecule has 1 saturated heterocycles. The second-order valence-corrected chi connectivity index (χ2v) is 8.01. The third-order valence-corrected chi connectivity index (χ3v) is 6.30. The molecule has 0 aliphatic carbocycles. The summed E-state index contributed by atoms with van der Waals surface area (Å²) >= 11 is 1.05. The Kier molecular flexibility index (Phi) is 4.35. The van der Waals surface area contributed by atoms with Gasteiger partial charge < -0.3 is 10.0 Å². The molecule has 21 heavy (non-hydrogen) atoms. The highest BCUT2D eigenvalue weighted by molar-refractivity contribution is 7.89. The van der Waals surface area contributed by atoms with Gasteiger partial charge in [0.25, 0.3) is 5.91 Å². The maximum absolute atomic E-state index is 12.4. The summed E-state index contributed by atoms with van der Waals surface area (Å²) in [5, 5.41) is 10.5. The maximum atomic E-state index is 12.4. The van der Waals surface area contributed by atoms with Gasteiger partial charge in [-0.2, -0.15) is 0 Å². The van der Waals surface area contributed by atoms with Crippen LogP contribution in [0, 0.1) is 5.92 Å². The number of carboxylic acids is 1. The molecule has 1 amide bonds. The average Bonchev–Trinajstić information content (AvgIpc) is 3.07. The number of sulfonamides is 1. The van der Waals surface area contributed by atoms with E-state index in [1.165, 1.54) is 25.1 Å². The summed E-state index contributed by atoms with van der Waals surface area (Å²) in [4.78, 5) is 24.9. The van der Waals surface area contributed by atoms with Crippen molar-refractivity contribution >= 4 is 33.2 Å². The average molecular weight is 332 g/mol. The van der Waals surface area contributed by atoms with Crippen molar-refractivity contribution in [2.24, 2.45) is 5.92 Å². The number of carboxylic acid groups (broad SMARTS) is 1. The highest BCUT2D eigenvalue weighted by atomic mass is 32.2. The topological polar surface area (TPSA) is 95.0 Å². The molecule has 0 radical (unpaired) electrons. The molecule has 0 spiro atoms. The van der Waals surface area contributed by atoms with E-state index in [-0.39, 0.29) is 16.3 Å². The number of carbonyl (C=O) groups excluding carboxylic acids is 1. The molecule has 1 N–H and O–H groups in total. The molecule has 1 aliphatic heterocycles. The van der Waals surface area contributed by atoms with Gasteiger partial charge in [-0.25, -0.2) is 12.7 Å². The first-order valence-corrected chi connectivity index (χ1v) is 8.59. The van der Waals surface area contributed by atoms with Crippen molar-refractivity contribution in [1.82, 2.24) is 9.21 Å². The molecule has 1 aromatic rings. The minimum Gasteiger partial charge on any atom is -0.481 e. The Morgan fingerprint density at radius 2 is 2.10 bits per heavy atom. The van der Waals surface area contributed by atoms with E-state index in [2.05, 4.69) is 0 Å². The van der Waals surface area contributed by atoms with Crippen LogP contribution in [0.15, 0.2) is 16.3 Å². The molecule has 0 aromatic carbocycles. The van der Waals surface area contributed by atoms with Crippen LogP contribution >= 0.6 is 11.3 Å². The van der Waals surface area contributed by atoms with Crippen LogP contribution in [-0.2, 0) is 14.8 Å². The molecule has 1 aliphatic rings. The molecule has 9 heteroatoms. The molecule has 0 bridgehead atoms. The van der Waals surface area contributed by atoms with E-state index in [0.717, 1.165) is 15.6 Å². The van der Waals surface area contributed by atoms with Gasteiger partial charge in [-0.15, -0.1) is 11.3 Å². The smallest absolute Gasteiger partial charge is 0.308 e. The zero-order chi connectivity index (χ0) is 15.8.